The average Bonchev–Trinajstić information content (AvgIpc) is 2.67. The Bertz CT molecular complexity index is 765. The molecule has 26 heavy (non-hydrogen) atoms. The number of benzene rings is 1. The topological polar surface area (TPSA) is 49.3 Å². The molecule has 0 unspecified atom stereocenters. The number of hydrogen-bond acceptors (Lipinski definition) is 4. The van der Waals surface area contributed by atoms with E-state index in [0.29, 0.717) is 12.3 Å². The minimum Gasteiger partial charge on any atom is -0.353 e. The third kappa shape index (κ3) is 3.71. The fourth-order valence-electron chi connectivity index (χ4n) is 3.59. The number of piperazine rings is 1. The van der Waals surface area contributed by atoms with Gasteiger partial charge in [-0.15, -0.1) is 0 Å². The first-order valence-corrected chi connectivity index (χ1v) is 9.48. The number of carbonyl (C=O) groups excluding carboxylic acids is 1. The van der Waals surface area contributed by atoms with Crippen LogP contribution in [0.3, 0.4) is 0 Å². The minimum atomic E-state index is 0.234. The maximum Gasteiger partial charge on any atom is 0.222 e. The van der Waals surface area contributed by atoms with Gasteiger partial charge in [0.15, 0.2) is 5.82 Å². The zero-order valence-corrected chi connectivity index (χ0v) is 16.2. The Hall–Kier alpha value is -2.43. The molecule has 1 aliphatic rings. The van der Waals surface area contributed by atoms with Crippen molar-refractivity contribution in [2.24, 2.45) is 0 Å². The van der Waals surface area contributed by atoms with Crippen LogP contribution in [-0.4, -0.2) is 47.0 Å². The Morgan fingerprint density at radius 3 is 2.31 bits per heavy atom. The first kappa shape index (κ1) is 18.4. The highest BCUT2D eigenvalue weighted by molar-refractivity contribution is 5.76. The third-order valence-corrected chi connectivity index (χ3v) is 4.96. The van der Waals surface area contributed by atoms with Gasteiger partial charge in [0.1, 0.15) is 5.82 Å². The van der Waals surface area contributed by atoms with Crippen molar-refractivity contribution < 1.29 is 4.79 Å². The maximum atomic E-state index is 12.0. The molecule has 5 nitrogen and oxygen atoms in total. The van der Waals surface area contributed by atoms with Crippen molar-refractivity contribution in [2.75, 3.05) is 31.1 Å². The molecule has 0 bridgehead atoms. The van der Waals surface area contributed by atoms with Crippen LogP contribution in [0.15, 0.2) is 30.3 Å². The molecule has 2 aromatic rings. The van der Waals surface area contributed by atoms with Gasteiger partial charge in [-0.3, -0.25) is 4.79 Å². The molecule has 0 N–H and O–H groups in total. The van der Waals surface area contributed by atoms with E-state index in [1.54, 1.807) is 0 Å². The highest BCUT2D eigenvalue weighted by Gasteiger charge is 2.25. The maximum absolute atomic E-state index is 12.0. The lowest BCUT2D eigenvalue weighted by Crippen LogP contribution is -2.49. The summed E-state index contributed by atoms with van der Waals surface area (Å²) in [5, 5.41) is 0. The molecule has 2 heterocycles. The number of aromatic nitrogens is 2. The van der Waals surface area contributed by atoms with Gasteiger partial charge in [-0.1, -0.05) is 51.1 Å². The molecule has 1 fully saturated rings. The summed E-state index contributed by atoms with van der Waals surface area (Å²) in [6.07, 6.45) is 0.571. The molecule has 1 saturated heterocycles. The predicted octanol–water partition coefficient (Wildman–Crippen LogP) is 3.63. The summed E-state index contributed by atoms with van der Waals surface area (Å²) in [4.78, 5) is 26.0. The van der Waals surface area contributed by atoms with Crippen molar-refractivity contribution in [1.29, 1.82) is 0 Å². The molecule has 1 aromatic carbocycles. The molecule has 0 atom stereocenters. The van der Waals surface area contributed by atoms with Gasteiger partial charge in [0.05, 0.1) is 0 Å². The molecule has 0 aliphatic carbocycles. The summed E-state index contributed by atoms with van der Waals surface area (Å²) >= 11 is 0. The van der Waals surface area contributed by atoms with Crippen LogP contribution in [0, 0.1) is 6.92 Å². The van der Waals surface area contributed by atoms with Gasteiger partial charge in [-0.05, 0) is 12.8 Å². The van der Waals surface area contributed by atoms with E-state index in [1.807, 2.05) is 42.2 Å². The molecule has 0 saturated carbocycles. The molecule has 138 valence electrons. The Labute approximate surface area is 156 Å². The second-order valence-corrected chi connectivity index (χ2v) is 7.11. The van der Waals surface area contributed by atoms with Crippen molar-refractivity contribution in [2.45, 2.75) is 40.0 Å². The highest BCUT2D eigenvalue weighted by atomic mass is 16.2. The van der Waals surface area contributed by atoms with E-state index in [-0.39, 0.29) is 5.91 Å². The number of rotatable bonds is 4. The van der Waals surface area contributed by atoms with Gasteiger partial charge in [-0.25, -0.2) is 9.97 Å². The molecular weight excluding hydrogens is 324 g/mol. The Morgan fingerprint density at radius 1 is 1.08 bits per heavy atom. The lowest BCUT2D eigenvalue weighted by molar-refractivity contribution is -0.131. The first-order chi connectivity index (χ1) is 12.5. The number of amides is 1. The summed E-state index contributed by atoms with van der Waals surface area (Å²) in [5.74, 6) is 2.38. The summed E-state index contributed by atoms with van der Waals surface area (Å²) < 4.78 is 0. The van der Waals surface area contributed by atoms with Crippen LogP contribution >= 0.6 is 0 Å². The zero-order valence-electron chi connectivity index (χ0n) is 16.2. The number of nitrogens with zero attached hydrogens (tertiary/aromatic N) is 4. The summed E-state index contributed by atoms with van der Waals surface area (Å²) in [6, 6.07) is 10.1. The molecule has 5 heteroatoms. The van der Waals surface area contributed by atoms with Gasteiger partial charge in [-0.2, -0.15) is 0 Å². The van der Waals surface area contributed by atoms with Crippen LogP contribution in [0.4, 0.5) is 5.82 Å². The van der Waals surface area contributed by atoms with Crippen molar-refractivity contribution in [1.82, 2.24) is 14.9 Å². The summed E-state index contributed by atoms with van der Waals surface area (Å²) in [7, 11) is 0. The SMILES string of the molecule is CCC(=O)N1CCN(c2nc(-c3ccccc3)nc(C)c2C(C)C)CC1. The van der Waals surface area contributed by atoms with Gasteiger partial charge >= 0.3 is 0 Å². The largest absolute Gasteiger partial charge is 0.353 e. The Balaban J connectivity index is 1.95. The molecule has 0 spiro atoms. The first-order valence-electron chi connectivity index (χ1n) is 9.48. The molecule has 0 radical (unpaired) electrons. The normalized spacial score (nSPS) is 14.8. The molecular formula is C21H28N4O. The van der Waals surface area contributed by atoms with Crippen LogP contribution in [-0.2, 0) is 4.79 Å². The van der Waals surface area contributed by atoms with Crippen LogP contribution in [0.25, 0.3) is 11.4 Å². The zero-order chi connectivity index (χ0) is 18.7. The number of hydrogen-bond donors (Lipinski definition) is 0. The van der Waals surface area contributed by atoms with E-state index in [0.717, 1.165) is 49.1 Å². The van der Waals surface area contributed by atoms with Gasteiger partial charge < -0.3 is 9.80 Å². The fourth-order valence-corrected chi connectivity index (χ4v) is 3.59. The minimum absolute atomic E-state index is 0.234. The van der Waals surface area contributed by atoms with Crippen LogP contribution < -0.4 is 4.90 Å². The Kier molecular flexibility index (Phi) is 5.55. The smallest absolute Gasteiger partial charge is 0.222 e. The fraction of sp³-hybridized carbons (Fsp3) is 0.476. The Morgan fingerprint density at radius 2 is 1.73 bits per heavy atom. The second-order valence-electron chi connectivity index (χ2n) is 7.11. The van der Waals surface area contributed by atoms with Gasteiger partial charge in [0, 0.05) is 49.4 Å². The predicted molar refractivity (Wildman–Crippen MR) is 105 cm³/mol. The number of aryl methyl sites for hydroxylation is 1. The van der Waals surface area contributed by atoms with Crippen molar-refractivity contribution in [3.63, 3.8) is 0 Å². The number of anilines is 1. The molecule has 1 aromatic heterocycles. The molecule has 1 aliphatic heterocycles. The lowest BCUT2D eigenvalue weighted by atomic mass is 10.0. The monoisotopic (exact) mass is 352 g/mol. The van der Waals surface area contributed by atoms with E-state index in [2.05, 4.69) is 25.7 Å². The summed E-state index contributed by atoms with van der Waals surface area (Å²) in [6.45, 7) is 11.5. The van der Waals surface area contributed by atoms with Crippen molar-refractivity contribution >= 4 is 11.7 Å². The van der Waals surface area contributed by atoms with Crippen molar-refractivity contribution in [3.05, 3.63) is 41.6 Å². The third-order valence-electron chi connectivity index (χ3n) is 4.96. The van der Waals surface area contributed by atoms with Gasteiger partial charge in [0.2, 0.25) is 5.91 Å². The molecule has 3 rings (SSSR count). The van der Waals surface area contributed by atoms with E-state index in [4.69, 9.17) is 9.97 Å². The molecule has 1 amide bonds. The standard InChI is InChI=1S/C21H28N4O/c1-5-18(26)24-11-13-25(14-12-24)21-19(15(2)3)16(4)22-20(23-21)17-9-7-6-8-10-17/h6-10,15H,5,11-14H2,1-4H3. The van der Waals surface area contributed by atoms with Gasteiger partial charge in [0.25, 0.3) is 0 Å². The van der Waals surface area contributed by atoms with E-state index in [1.165, 1.54) is 5.56 Å². The lowest BCUT2D eigenvalue weighted by Gasteiger charge is -2.37. The van der Waals surface area contributed by atoms with Crippen LogP contribution in [0.1, 0.15) is 44.4 Å². The average molecular weight is 352 g/mol. The van der Waals surface area contributed by atoms with Crippen LogP contribution in [0.2, 0.25) is 0 Å². The number of carbonyl (C=O) groups is 1. The summed E-state index contributed by atoms with van der Waals surface area (Å²) in [5.41, 5.74) is 3.28. The van der Waals surface area contributed by atoms with Crippen LogP contribution in [0.5, 0.6) is 0 Å². The second kappa shape index (κ2) is 7.85. The van der Waals surface area contributed by atoms with E-state index < -0.39 is 0 Å². The van der Waals surface area contributed by atoms with Crippen molar-refractivity contribution in [3.8, 4) is 11.4 Å². The van der Waals surface area contributed by atoms with E-state index in [9.17, 15) is 4.79 Å². The highest BCUT2D eigenvalue weighted by Crippen LogP contribution is 2.31. The van der Waals surface area contributed by atoms with E-state index >= 15 is 0 Å². The quantitative estimate of drug-likeness (QED) is 0.843.